The van der Waals surface area contributed by atoms with Gasteiger partial charge in [-0.1, -0.05) is 28.1 Å². The SMILES string of the molecule is COc1ccc(Br)c2c1CC2=Nc1cccc2c(C3CC3)c(OC)c(OC)cc12. The van der Waals surface area contributed by atoms with Gasteiger partial charge in [0.1, 0.15) is 5.75 Å². The molecule has 2 aliphatic rings. The summed E-state index contributed by atoms with van der Waals surface area (Å²) in [7, 11) is 5.12. The number of hydrogen-bond donors (Lipinski definition) is 0. The molecule has 0 spiro atoms. The number of rotatable bonds is 5. The largest absolute Gasteiger partial charge is 0.496 e. The van der Waals surface area contributed by atoms with E-state index < -0.39 is 0 Å². The summed E-state index contributed by atoms with van der Waals surface area (Å²) in [6.45, 7) is 0. The van der Waals surface area contributed by atoms with E-state index in [-0.39, 0.29) is 0 Å². The summed E-state index contributed by atoms with van der Waals surface area (Å²) in [4.78, 5) is 5.06. The Morgan fingerprint density at radius 1 is 0.931 bits per heavy atom. The molecule has 5 rings (SSSR count). The first-order valence-corrected chi connectivity index (χ1v) is 10.6. The molecule has 0 unspecified atom stereocenters. The Balaban J connectivity index is 1.70. The first kappa shape index (κ1) is 18.5. The van der Waals surface area contributed by atoms with Crippen LogP contribution in [0.2, 0.25) is 0 Å². The third-order valence-corrected chi connectivity index (χ3v) is 6.51. The summed E-state index contributed by atoms with van der Waals surface area (Å²) in [5, 5.41) is 2.31. The lowest BCUT2D eigenvalue weighted by Gasteiger charge is -2.25. The Morgan fingerprint density at radius 2 is 1.72 bits per heavy atom. The number of methoxy groups -OCH3 is 3. The van der Waals surface area contributed by atoms with Crippen LogP contribution in [0.25, 0.3) is 10.8 Å². The fourth-order valence-electron chi connectivity index (χ4n) is 4.30. The van der Waals surface area contributed by atoms with Crippen LogP contribution in [0, 0.1) is 0 Å². The Hall–Kier alpha value is -2.53. The summed E-state index contributed by atoms with van der Waals surface area (Å²) >= 11 is 3.67. The van der Waals surface area contributed by atoms with Crippen molar-refractivity contribution in [2.24, 2.45) is 4.99 Å². The van der Waals surface area contributed by atoms with Crippen molar-refractivity contribution < 1.29 is 14.2 Å². The van der Waals surface area contributed by atoms with Gasteiger partial charge in [-0.15, -0.1) is 0 Å². The van der Waals surface area contributed by atoms with Crippen LogP contribution in [0.1, 0.15) is 35.4 Å². The van der Waals surface area contributed by atoms with E-state index in [4.69, 9.17) is 19.2 Å². The molecule has 3 aromatic carbocycles. The third-order valence-electron chi connectivity index (χ3n) is 5.85. The minimum Gasteiger partial charge on any atom is -0.496 e. The molecule has 0 N–H and O–H groups in total. The molecule has 5 heteroatoms. The second-order valence-corrected chi connectivity index (χ2v) is 8.37. The minimum absolute atomic E-state index is 0.535. The molecule has 29 heavy (non-hydrogen) atoms. The maximum atomic E-state index is 5.74. The highest BCUT2D eigenvalue weighted by Crippen LogP contribution is 2.52. The predicted octanol–water partition coefficient (Wildman–Crippen LogP) is 6.18. The van der Waals surface area contributed by atoms with Crippen molar-refractivity contribution >= 4 is 38.1 Å². The maximum absolute atomic E-state index is 5.74. The summed E-state index contributed by atoms with van der Waals surface area (Å²) in [5.41, 5.74) is 5.63. The van der Waals surface area contributed by atoms with E-state index in [1.54, 1.807) is 21.3 Å². The topological polar surface area (TPSA) is 40.0 Å². The van der Waals surface area contributed by atoms with E-state index in [1.807, 2.05) is 12.1 Å². The molecule has 2 aliphatic carbocycles. The Kier molecular flexibility index (Phi) is 4.50. The van der Waals surface area contributed by atoms with Gasteiger partial charge in [0, 0.05) is 33.0 Å². The fraction of sp³-hybridized carbons (Fsp3) is 0.292. The highest BCUT2D eigenvalue weighted by atomic mass is 79.9. The Labute approximate surface area is 178 Å². The van der Waals surface area contributed by atoms with Gasteiger partial charge in [0.05, 0.1) is 32.7 Å². The van der Waals surface area contributed by atoms with Crippen molar-refractivity contribution in [2.45, 2.75) is 25.2 Å². The smallest absolute Gasteiger partial charge is 0.164 e. The van der Waals surface area contributed by atoms with Crippen LogP contribution >= 0.6 is 15.9 Å². The zero-order valence-electron chi connectivity index (χ0n) is 16.7. The first-order valence-electron chi connectivity index (χ1n) is 9.77. The van der Waals surface area contributed by atoms with Crippen molar-refractivity contribution in [3.63, 3.8) is 0 Å². The van der Waals surface area contributed by atoms with E-state index >= 15 is 0 Å². The van der Waals surface area contributed by atoms with E-state index in [0.29, 0.717) is 5.92 Å². The summed E-state index contributed by atoms with van der Waals surface area (Å²) < 4.78 is 18.0. The van der Waals surface area contributed by atoms with Crippen molar-refractivity contribution in [2.75, 3.05) is 21.3 Å². The Morgan fingerprint density at radius 3 is 2.41 bits per heavy atom. The summed E-state index contributed by atoms with van der Waals surface area (Å²) in [6.07, 6.45) is 3.19. The number of hydrogen-bond acceptors (Lipinski definition) is 4. The second kappa shape index (κ2) is 7.06. The molecule has 0 atom stereocenters. The number of nitrogens with zero attached hydrogens (tertiary/aromatic N) is 1. The maximum Gasteiger partial charge on any atom is 0.164 e. The molecule has 0 radical (unpaired) electrons. The van der Waals surface area contributed by atoms with Gasteiger partial charge in [0.2, 0.25) is 0 Å². The highest BCUT2D eigenvalue weighted by Gasteiger charge is 2.32. The van der Waals surface area contributed by atoms with Gasteiger partial charge in [0.15, 0.2) is 11.5 Å². The lowest BCUT2D eigenvalue weighted by atomic mass is 9.85. The van der Waals surface area contributed by atoms with Gasteiger partial charge in [-0.3, -0.25) is 4.99 Å². The molecular weight excluding hydrogens is 430 g/mol. The van der Waals surface area contributed by atoms with Crippen LogP contribution in [-0.4, -0.2) is 27.0 Å². The van der Waals surface area contributed by atoms with Crippen molar-refractivity contribution in [3.05, 3.63) is 57.6 Å². The predicted molar refractivity (Wildman–Crippen MR) is 120 cm³/mol. The minimum atomic E-state index is 0.535. The average molecular weight is 452 g/mol. The molecule has 0 saturated heterocycles. The van der Waals surface area contributed by atoms with Crippen LogP contribution in [0.4, 0.5) is 5.69 Å². The molecule has 148 valence electrons. The van der Waals surface area contributed by atoms with Gasteiger partial charge in [-0.25, -0.2) is 0 Å². The quantitative estimate of drug-likeness (QED) is 0.464. The van der Waals surface area contributed by atoms with Crippen LogP contribution < -0.4 is 14.2 Å². The van der Waals surface area contributed by atoms with Gasteiger partial charge in [0.25, 0.3) is 0 Å². The molecule has 0 amide bonds. The van der Waals surface area contributed by atoms with Crippen molar-refractivity contribution in [1.29, 1.82) is 0 Å². The molecule has 3 aromatic rings. The highest BCUT2D eigenvalue weighted by molar-refractivity contribution is 9.10. The number of benzene rings is 3. The molecular formula is C24H22BrNO3. The van der Waals surface area contributed by atoms with Gasteiger partial charge < -0.3 is 14.2 Å². The van der Waals surface area contributed by atoms with Gasteiger partial charge in [-0.05, 0) is 48.4 Å². The molecule has 4 nitrogen and oxygen atoms in total. The number of fused-ring (bicyclic) bond motifs is 2. The van der Waals surface area contributed by atoms with Gasteiger partial charge in [-0.2, -0.15) is 0 Å². The van der Waals surface area contributed by atoms with Crippen LogP contribution in [0.15, 0.2) is 45.9 Å². The first-order chi connectivity index (χ1) is 14.2. The summed E-state index contributed by atoms with van der Waals surface area (Å²) in [5.74, 6) is 3.08. The summed E-state index contributed by atoms with van der Waals surface area (Å²) in [6, 6.07) is 12.4. The third kappa shape index (κ3) is 2.91. The lowest BCUT2D eigenvalue weighted by molar-refractivity contribution is 0.353. The van der Waals surface area contributed by atoms with E-state index in [2.05, 4.69) is 40.2 Å². The van der Waals surface area contributed by atoms with Crippen LogP contribution in [0.3, 0.4) is 0 Å². The lowest BCUT2D eigenvalue weighted by Crippen LogP contribution is -2.21. The molecule has 0 heterocycles. The second-order valence-electron chi connectivity index (χ2n) is 7.51. The molecule has 0 aliphatic heterocycles. The van der Waals surface area contributed by atoms with Gasteiger partial charge >= 0.3 is 0 Å². The van der Waals surface area contributed by atoms with Crippen molar-refractivity contribution in [1.82, 2.24) is 0 Å². The van der Waals surface area contributed by atoms with E-state index in [9.17, 15) is 0 Å². The number of halogens is 1. The monoisotopic (exact) mass is 451 g/mol. The molecule has 1 saturated carbocycles. The number of ether oxygens (including phenoxy) is 3. The van der Waals surface area contributed by atoms with Crippen LogP contribution in [0.5, 0.6) is 17.2 Å². The number of aliphatic imine (C=N–C) groups is 1. The molecule has 0 aromatic heterocycles. The van der Waals surface area contributed by atoms with Crippen molar-refractivity contribution in [3.8, 4) is 17.2 Å². The normalized spacial score (nSPS) is 16.5. The Bertz CT molecular complexity index is 1160. The van der Waals surface area contributed by atoms with E-state index in [0.717, 1.165) is 50.5 Å². The zero-order chi connectivity index (χ0) is 20.1. The molecule has 0 bridgehead atoms. The standard InChI is InChI=1S/C24H22BrNO3/c1-27-20-10-9-17(25)23-16(20)11-19(23)26-18-6-4-5-14-15(18)12-21(28-2)24(29-3)22(14)13-7-8-13/h4-6,9-10,12-13H,7-8,11H2,1-3H3. The fourth-order valence-corrected chi connectivity index (χ4v) is 4.90. The molecule has 1 fully saturated rings. The average Bonchev–Trinajstić information content (AvgIpc) is 3.55. The zero-order valence-corrected chi connectivity index (χ0v) is 18.3. The van der Waals surface area contributed by atoms with E-state index in [1.165, 1.54) is 29.4 Å². The van der Waals surface area contributed by atoms with Crippen LogP contribution in [-0.2, 0) is 6.42 Å².